The Bertz CT molecular complexity index is 2080. The number of fused-ring (bicyclic) bond motifs is 1. The standard InChI is InChI=1S/C33H38N6O7S.2C2HF3O2/c40-30-20-38-14-16-39(17-15-38)21-31(41)35-27-12-8-24(9-13-27)19-29(33(43)44)36-32(42)28(18-23-6-10-26(34-30)11-7-23)37-47(45,46)22-25-4-2-1-3-5-25;2*3-2(4,5)1(6)7/h1-13,28-29,37H,14-22H2,(H,34,40)(H,35,41)(H,36,42)(H,43,44);2*(H,6,7)/t28-,29+;;/m1../s1. The lowest BCUT2D eigenvalue weighted by Crippen LogP contribution is -2.53. The van der Waals surface area contributed by atoms with Gasteiger partial charge in [-0.05, 0) is 47.4 Å². The molecule has 9 rings (SSSR count). The number of nitrogens with one attached hydrogen (secondary N) is 4. The predicted octanol–water partition coefficient (Wildman–Crippen LogP) is 2.30. The van der Waals surface area contributed by atoms with Gasteiger partial charge in [-0.3, -0.25) is 24.2 Å². The summed E-state index contributed by atoms with van der Waals surface area (Å²) in [7, 11) is -4.02. The van der Waals surface area contributed by atoms with E-state index in [1.165, 1.54) is 0 Å². The molecule has 332 valence electrons. The molecule has 6 bridgehead atoms. The van der Waals surface area contributed by atoms with Gasteiger partial charge in [-0.1, -0.05) is 54.6 Å². The van der Waals surface area contributed by atoms with E-state index < -0.39 is 58.3 Å². The number of anilines is 2. The number of alkyl halides is 6. The first-order chi connectivity index (χ1) is 28.4. The minimum Gasteiger partial charge on any atom is -0.480 e. The number of halogens is 6. The van der Waals surface area contributed by atoms with Crippen LogP contribution in [0.1, 0.15) is 16.7 Å². The third kappa shape index (κ3) is 18.0. The monoisotopic (exact) mass is 890 g/mol. The van der Waals surface area contributed by atoms with Crippen molar-refractivity contribution in [3.63, 3.8) is 0 Å². The fourth-order valence-electron chi connectivity index (χ4n) is 5.54. The molecule has 6 heterocycles. The van der Waals surface area contributed by atoms with E-state index in [0.29, 0.717) is 54.2 Å². The molecule has 6 aliphatic rings. The first kappa shape index (κ1) is 49.3. The molecule has 0 radical (unpaired) electrons. The maximum Gasteiger partial charge on any atom is 0.490 e. The highest BCUT2D eigenvalue weighted by molar-refractivity contribution is 7.88. The molecule has 17 nitrogen and oxygen atoms in total. The second-order valence-corrected chi connectivity index (χ2v) is 15.1. The van der Waals surface area contributed by atoms with Gasteiger partial charge in [0.15, 0.2) is 0 Å². The highest BCUT2D eigenvalue weighted by Gasteiger charge is 2.39. The number of hydrogen-bond donors (Lipinski definition) is 7. The molecule has 0 aromatic heterocycles. The molecule has 1 fully saturated rings. The Morgan fingerprint density at radius 3 is 1.43 bits per heavy atom. The lowest BCUT2D eigenvalue weighted by atomic mass is 10.0. The Morgan fingerprint density at radius 2 is 1.05 bits per heavy atom. The molecule has 3 amide bonds. The van der Waals surface area contributed by atoms with Crippen molar-refractivity contribution in [1.29, 1.82) is 0 Å². The summed E-state index contributed by atoms with van der Waals surface area (Å²) >= 11 is 0. The number of aliphatic carboxylic acids is 3. The third-order valence-corrected chi connectivity index (χ3v) is 9.85. The van der Waals surface area contributed by atoms with Crippen molar-refractivity contribution in [3.8, 4) is 0 Å². The largest absolute Gasteiger partial charge is 0.490 e. The van der Waals surface area contributed by atoms with Gasteiger partial charge in [0.1, 0.15) is 12.1 Å². The van der Waals surface area contributed by atoms with Gasteiger partial charge in [-0.2, -0.15) is 26.3 Å². The molecule has 3 aromatic rings. The fourth-order valence-corrected chi connectivity index (χ4v) is 6.88. The summed E-state index contributed by atoms with van der Waals surface area (Å²) in [6, 6.07) is 19.2. The number of carbonyl (C=O) groups excluding carboxylic acids is 3. The van der Waals surface area contributed by atoms with E-state index in [2.05, 4.69) is 20.7 Å². The summed E-state index contributed by atoms with van der Waals surface area (Å²) in [6.07, 6.45) is -10.3. The van der Waals surface area contributed by atoms with Gasteiger partial charge in [0.05, 0.1) is 18.8 Å². The van der Waals surface area contributed by atoms with Gasteiger partial charge in [0, 0.05) is 44.0 Å². The summed E-state index contributed by atoms with van der Waals surface area (Å²) in [6.45, 7) is 2.90. The lowest BCUT2D eigenvalue weighted by Gasteiger charge is -2.33. The number of benzene rings is 3. The molecular formula is C37H40F6N6O11S. The van der Waals surface area contributed by atoms with Gasteiger partial charge in [-0.15, -0.1) is 0 Å². The maximum atomic E-state index is 13.6. The topological polar surface area (TPSA) is 252 Å². The number of nitrogens with zero attached hydrogens (tertiary/aromatic N) is 2. The molecule has 0 spiro atoms. The normalized spacial score (nSPS) is 20.3. The van der Waals surface area contributed by atoms with E-state index in [4.69, 9.17) is 19.8 Å². The van der Waals surface area contributed by atoms with E-state index in [0.717, 1.165) is 0 Å². The molecule has 0 unspecified atom stereocenters. The van der Waals surface area contributed by atoms with Crippen LogP contribution in [-0.2, 0) is 57.4 Å². The molecule has 61 heavy (non-hydrogen) atoms. The van der Waals surface area contributed by atoms with E-state index in [9.17, 15) is 59.0 Å². The van der Waals surface area contributed by atoms with Gasteiger partial charge >= 0.3 is 30.3 Å². The molecule has 6 aliphatic heterocycles. The number of carboxylic acid groups (broad SMARTS) is 3. The van der Waals surface area contributed by atoms with Crippen molar-refractivity contribution >= 4 is 57.0 Å². The maximum absolute atomic E-state index is 13.6. The molecule has 0 saturated carbocycles. The number of sulfonamides is 1. The van der Waals surface area contributed by atoms with E-state index >= 15 is 0 Å². The molecular weight excluding hydrogens is 850 g/mol. The van der Waals surface area contributed by atoms with Crippen molar-refractivity contribution < 1.29 is 78.8 Å². The first-order valence-electron chi connectivity index (χ1n) is 17.8. The van der Waals surface area contributed by atoms with Crippen molar-refractivity contribution in [2.24, 2.45) is 0 Å². The summed E-state index contributed by atoms with van der Waals surface area (Å²) < 4.78 is 92.3. The van der Waals surface area contributed by atoms with Crippen molar-refractivity contribution in [1.82, 2.24) is 19.8 Å². The molecule has 1 saturated heterocycles. The highest BCUT2D eigenvalue weighted by atomic mass is 32.2. The number of rotatable bonds is 5. The minimum absolute atomic E-state index is 0.0703. The molecule has 3 aromatic carbocycles. The zero-order chi connectivity index (χ0) is 45.5. The highest BCUT2D eigenvalue weighted by Crippen LogP contribution is 2.17. The lowest BCUT2D eigenvalue weighted by molar-refractivity contribution is -0.193. The van der Waals surface area contributed by atoms with Crippen molar-refractivity contribution in [2.45, 2.75) is 43.0 Å². The van der Waals surface area contributed by atoms with Gasteiger partial charge in [-0.25, -0.2) is 27.5 Å². The van der Waals surface area contributed by atoms with E-state index in [-0.39, 0.29) is 43.5 Å². The van der Waals surface area contributed by atoms with Crippen LogP contribution in [0, 0.1) is 0 Å². The quantitative estimate of drug-likeness (QED) is 0.182. The van der Waals surface area contributed by atoms with Crippen molar-refractivity contribution in [2.75, 3.05) is 49.9 Å². The number of amides is 3. The number of carbonyl (C=O) groups is 6. The summed E-state index contributed by atoms with van der Waals surface area (Å²) in [4.78, 5) is 73.0. The van der Waals surface area contributed by atoms with Gasteiger partial charge < -0.3 is 31.3 Å². The summed E-state index contributed by atoms with van der Waals surface area (Å²) in [5.74, 6) is -8.37. The summed E-state index contributed by atoms with van der Waals surface area (Å²) in [5, 5.41) is 32.4. The van der Waals surface area contributed by atoms with Crippen LogP contribution in [0.15, 0.2) is 78.9 Å². The van der Waals surface area contributed by atoms with Crippen LogP contribution < -0.4 is 20.7 Å². The van der Waals surface area contributed by atoms with Crippen LogP contribution in [-0.4, -0.2) is 133 Å². The average Bonchev–Trinajstić information content (AvgIpc) is 3.16. The second kappa shape index (κ2) is 21.9. The Kier molecular flexibility index (Phi) is 17.7. The predicted molar refractivity (Wildman–Crippen MR) is 203 cm³/mol. The first-order valence-corrected chi connectivity index (χ1v) is 19.4. The molecule has 2 atom stereocenters. The number of carboxylic acids is 3. The average molecular weight is 891 g/mol. The zero-order valence-corrected chi connectivity index (χ0v) is 32.5. The van der Waals surface area contributed by atoms with Crippen LogP contribution in [0.3, 0.4) is 0 Å². The molecule has 7 N–H and O–H groups in total. The second-order valence-electron chi connectivity index (χ2n) is 13.4. The number of piperazine rings is 1. The molecule has 0 aliphatic carbocycles. The smallest absolute Gasteiger partial charge is 0.480 e. The fraction of sp³-hybridized carbons (Fsp3) is 0.351. The van der Waals surface area contributed by atoms with Crippen LogP contribution >= 0.6 is 0 Å². The van der Waals surface area contributed by atoms with Crippen molar-refractivity contribution in [3.05, 3.63) is 95.6 Å². The van der Waals surface area contributed by atoms with Crippen LogP contribution in [0.4, 0.5) is 37.7 Å². The zero-order valence-electron chi connectivity index (χ0n) is 31.7. The SMILES string of the molecule is O=C(O)C(F)(F)F.O=C(O)C(F)(F)F.O=C1CN2CCN(CC2)CC(=O)Nc2ccc(cc2)C[C@@H](NS(=O)(=O)Cc2ccccc2)C(=O)N[C@H](C(=O)O)Cc2ccc(cc2)N1. The Morgan fingerprint density at radius 1 is 0.656 bits per heavy atom. The Labute approximate surface area is 343 Å². The van der Waals surface area contributed by atoms with Gasteiger partial charge in [0.25, 0.3) is 0 Å². The molecule has 24 heteroatoms. The van der Waals surface area contributed by atoms with Crippen LogP contribution in [0.5, 0.6) is 0 Å². The minimum atomic E-state index is -5.08. The van der Waals surface area contributed by atoms with Gasteiger partial charge in [0.2, 0.25) is 27.7 Å². The number of hydrogen-bond acceptors (Lipinski definition) is 10. The Hall–Kier alpha value is -6.11. The van der Waals surface area contributed by atoms with E-state index in [1.54, 1.807) is 78.9 Å². The van der Waals surface area contributed by atoms with E-state index in [1.807, 2.05) is 9.80 Å². The Balaban J connectivity index is 0.000000609. The van der Waals surface area contributed by atoms with Crippen LogP contribution in [0.25, 0.3) is 0 Å². The summed E-state index contributed by atoms with van der Waals surface area (Å²) in [5.41, 5.74) is 2.79. The van der Waals surface area contributed by atoms with Crippen LogP contribution in [0.2, 0.25) is 0 Å². The third-order valence-electron chi connectivity index (χ3n) is 8.49.